The molecule has 1 aliphatic rings. The molecule has 1 aromatic heterocycles. The molecular formula is C21H29N2O2S+. The van der Waals surface area contributed by atoms with Gasteiger partial charge in [0.1, 0.15) is 6.04 Å². The first-order valence-corrected chi connectivity index (χ1v) is 10.4. The Labute approximate surface area is 160 Å². The number of hydrogen-bond acceptors (Lipinski definition) is 4. The third kappa shape index (κ3) is 4.65. The van der Waals surface area contributed by atoms with Gasteiger partial charge in [-0.25, -0.2) is 0 Å². The van der Waals surface area contributed by atoms with E-state index in [1.54, 1.807) is 17.2 Å². The quantitative estimate of drug-likeness (QED) is 0.732. The molecule has 1 aromatic carbocycles. The van der Waals surface area contributed by atoms with Gasteiger partial charge in [0.25, 0.3) is 0 Å². The summed E-state index contributed by atoms with van der Waals surface area (Å²) in [6, 6.07) is 10.3. The molecule has 0 amide bonds. The van der Waals surface area contributed by atoms with Crippen LogP contribution < -0.4 is 9.64 Å². The molecule has 4 nitrogen and oxygen atoms in total. The van der Waals surface area contributed by atoms with Crippen LogP contribution in [-0.4, -0.2) is 37.6 Å². The number of aromatic hydroxyl groups is 1. The van der Waals surface area contributed by atoms with E-state index in [0.717, 1.165) is 12.5 Å². The van der Waals surface area contributed by atoms with Crippen LogP contribution in [0.15, 0.2) is 40.7 Å². The van der Waals surface area contributed by atoms with E-state index < -0.39 is 0 Å². The van der Waals surface area contributed by atoms with E-state index in [2.05, 4.69) is 24.4 Å². The zero-order valence-corrected chi connectivity index (χ0v) is 16.5. The molecule has 0 saturated carbocycles. The fourth-order valence-electron chi connectivity index (χ4n) is 3.56. The lowest BCUT2D eigenvalue weighted by molar-refractivity contribution is -0.935. The van der Waals surface area contributed by atoms with Gasteiger partial charge in [-0.15, -0.1) is 11.3 Å². The summed E-state index contributed by atoms with van der Waals surface area (Å²) in [7, 11) is 0. The average molecular weight is 374 g/mol. The first-order valence-electron chi connectivity index (χ1n) is 9.51. The molecule has 5 heteroatoms. The molecule has 1 fully saturated rings. The molecule has 1 saturated heterocycles. The van der Waals surface area contributed by atoms with E-state index in [1.165, 1.54) is 30.8 Å². The molecular weight excluding hydrogens is 344 g/mol. The predicted molar refractivity (Wildman–Crippen MR) is 108 cm³/mol. The molecule has 0 unspecified atom stereocenters. The maximum absolute atomic E-state index is 10.3. The van der Waals surface area contributed by atoms with Crippen molar-refractivity contribution >= 4 is 17.6 Å². The zero-order chi connectivity index (χ0) is 18.4. The number of quaternary nitrogens is 1. The van der Waals surface area contributed by atoms with E-state index in [-0.39, 0.29) is 5.75 Å². The fraction of sp³-hybridized carbons (Fsp3) is 0.476. The number of para-hydroxylation sites is 1. The molecule has 0 spiro atoms. The Morgan fingerprint density at radius 2 is 2.12 bits per heavy atom. The Kier molecular flexibility index (Phi) is 6.69. The highest BCUT2D eigenvalue weighted by Gasteiger charge is 2.28. The number of thiophene rings is 1. The smallest absolute Gasteiger partial charge is 0.166 e. The van der Waals surface area contributed by atoms with Crippen LogP contribution in [0.5, 0.6) is 11.5 Å². The molecule has 0 radical (unpaired) electrons. The Bertz CT molecular complexity index is 707. The standard InChI is InChI=1S/C21H28N2O2S/c1-3-25-19-7-4-6-17(21(19)24)14-22-15-18(20-8-5-13-26-20)23-11-9-16(2)10-12-23/h4-8,13-14,16,18,24H,3,9-12,15H2,1-2H3/p+1/t18-/m0/s1. The maximum atomic E-state index is 10.3. The largest absolute Gasteiger partial charge is 0.504 e. The summed E-state index contributed by atoms with van der Waals surface area (Å²) < 4.78 is 5.45. The number of aliphatic imine (C=N–C) groups is 1. The van der Waals surface area contributed by atoms with Crippen molar-refractivity contribution < 1.29 is 14.7 Å². The summed E-state index contributed by atoms with van der Waals surface area (Å²) in [5.74, 6) is 1.52. The first-order chi connectivity index (χ1) is 12.7. The third-order valence-corrected chi connectivity index (χ3v) is 6.13. The monoisotopic (exact) mass is 373 g/mol. The number of piperidine rings is 1. The van der Waals surface area contributed by atoms with E-state index in [4.69, 9.17) is 9.73 Å². The second kappa shape index (κ2) is 9.19. The normalized spacial score (nSPS) is 21.8. The molecule has 0 bridgehead atoms. The Balaban J connectivity index is 1.72. The van der Waals surface area contributed by atoms with Crippen molar-refractivity contribution in [3.8, 4) is 11.5 Å². The molecule has 0 aliphatic carbocycles. The summed E-state index contributed by atoms with van der Waals surface area (Å²) in [5, 5.41) is 12.5. The lowest BCUT2D eigenvalue weighted by atomic mass is 9.97. The third-order valence-electron chi connectivity index (χ3n) is 5.14. The SMILES string of the molecule is CCOc1cccc(C=NC[C@@H](c2cccs2)[NH+]2CCC(C)CC2)c1O. The van der Waals surface area contributed by atoms with Gasteiger partial charge in [0.2, 0.25) is 0 Å². The van der Waals surface area contributed by atoms with Crippen molar-refractivity contribution in [3.63, 3.8) is 0 Å². The Morgan fingerprint density at radius 1 is 1.31 bits per heavy atom. The number of ether oxygens (including phenoxy) is 1. The van der Waals surface area contributed by atoms with Gasteiger partial charge in [-0.2, -0.15) is 0 Å². The number of nitrogens with zero attached hydrogens (tertiary/aromatic N) is 1. The van der Waals surface area contributed by atoms with Gasteiger partial charge in [0, 0.05) is 11.8 Å². The van der Waals surface area contributed by atoms with Gasteiger partial charge < -0.3 is 14.7 Å². The number of nitrogens with one attached hydrogen (secondary N) is 1. The fourth-order valence-corrected chi connectivity index (χ4v) is 4.44. The van der Waals surface area contributed by atoms with Crippen LogP contribution in [0.3, 0.4) is 0 Å². The number of likely N-dealkylation sites (tertiary alicyclic amines) is 1. The van der Waals surface area contributed by atoms with Crippen molar-refractivity contribution in [3.05, 3.63) is 46.2 Å². The summed E-state index contributed by atoms with van der Waals surface area (Å²) in [4.78, 5) is 7.74. The van der Waals surface area contributed by atoms with E-state index in [0.29, 0.717) is 24.0 Å². The number of benzene rings is 1. The molecule has 2 aromatic rings. The molecule has 1 atom stereocenters. The van der Waals surface area contributed by atoms with Gasteiger partial charge in [0.05, 0.1) is 31.1 Å². The Morgan fingerprint density at radius 3 is 2.81 bits per heavy atom. The van der Waals surface area contributed by atoms with Crippen LogP contribution in [0, 0.1) is 5.92 Å². The predicted octanol–water partition coefficient (Wildman–Crippen LogP) is 3.33. The number of hydrogen-bond donors (Lipinski definition) is 2. The minimum absolute atomic E-state index is 0.171. The summed E-state index contributed by atoms with van der Waals surface area (Å²) in [6.45, 7) is 7.96. The number of rotatable bonds is 7. The molecule has 2 N–H and O–H groups in total. The number of phenolic OH excluding ortho intramolecular Hbond substituents is 1. The molecule has 3 rings (SSSR count). The maximum Gasteiger partial charge on any atom is 0.166 e. The lowest BCUT2D eigenvalue weighted by Crippen LogP contribution is -3.13. The van der Waals surface area contributed by atoms with Crippen LogP contribution in [-0.2, 0) is 0 Å². The number of phenols is 1. The second-order valence-corrected chi connectivity index (χ2v) is 8.01. The molecule has 1 aliphatic heterocycles. The molecule has 140 valence electrons. The van der Waals surface area contributed by atoms with Gasteiger partial charge in [0.15, 0.2) is 11.5 Å². The highest BCUT2D eigenvalue weighted by Crippen LogP contribution is 2.28. The van der Waals surface area contributed by atoms with Crippen LogP contribution in [0.4, 0.5) is 0 Å². The van der Waals surface area contributed by atoms with Crippen LogP contribution in [0.25, 0.3) is 0 Å². The van der Waals surface area contributed by atoms with E-state index >= 15 is 0 Å². The van der Waals surface area contributed by atoms with Crippen LogP contribution >= 0.6 is 11.3 Å². The average Bonchev–Trinajstić information content (AvgIpc) is 3.17. The van der Waals surface area contributed by atoms with Crippen molar-refractivity contribution in [1.29, 1.82) is 0 Å². The van der Waals surface area contributed by atoms with Crippen LogP contribution in [0.2, 0.25) is 0 Å². The van der Waals surface area contributed by atoms with Crippen molar-refractivity contribution in [2.75, 3.05) is 26.2 Å². The van der Waals surface area contributed by atoms with Crippen molar-refractivity contribution in [2.24, 2.45) is 10.9 Å². The minimum Gasteiger partial charge on any atom is -0.504 e. The topological polar surface area (TPSA) is 46.3 Å². The molecule has 2 heterocycles. The second-order valence-electron chi connectivity index (χ2n) is 7.03. The summed E-state index contributed by atoms with van der Waals surface area (Å²) in [5.41, 5.74) is 0.711. The Hall–Kier alpha value is -1.85. The van der Waals surface area contributed by atoms with Gasteiger partial charge in [-0.05, 0) is 49.3 Å². The zero-order valence-electron chi connectivity index (χ0n) is 15.6. The first kappa shape index (κ1) is 18.9. The minimum atomic E-state index is 0.171. The summed E-state index contributed by atoms with van der Waals surface area (Å²) >= 11 is 1.82. The van der Waals surface area contributed by atoms with Gasteiger partial charge in [-0.3, -0.25) is 4.99 Å². The van der Waals surface area contributed by atoms with Crippen molar-refractivity contribution in [2.45, 2.75) is 32.7 Å². The van der Waals surface area contributed by atoms with Gasteiger partial charge in [-0.1, -0.05) is 19.1 Å². The lowest BCUT2D eigenvalue weighted by Gasteiger charge is -2.32. The van der Waals surface area contributed by atoms with E-state index in [9.17, 15) is 5.11 Å². The highest BCUT2D eigenvalue weighted by atomic mass is 32.1. The molecule has 26 heavy (non-hydrogen) atoms. The van der Waals surface area contributed by atoms with E-state index in [1.807, 2.05) is 30.4 Å². The van der Waals surface area contributed by atoms with Crippen molar-refractivity contribution in [1.82, 2.24) is 0 Å². The van der Waals surface area contributed by atoms with Crippen LogP contribution in [0.1, 0.15) is 43.2 Å². The van der Waals surface area contributed by atoms with Gasteiger partial charge >= 0.3 is 0 Å². The highest BCUT2D eigenvalue weighted by molar-refractivity contribution is 7.10. The summed E-state index contributed by atoms with van der Waals surface area (Å²) in [6.07, 6.45) is 4.36.